The first-order valence-corrected chi connectivity index (χ1v) is 9.20. The number of fused-ring (bicyclic) bond motifs is 1. The summed E-state index contributed by atoms with van der Waals surface area (Å²) in [5.74, 6) is -1.05. The molecule has 0 aliphatic rings. The van der Waals surface area contributed by atoms with Gasteiger partial charge in [-0.25, -0.2) is 0 Å². The van der Waals surface area contributed by atoms with Crippen LogP contribution in [0.5, 0.6) is 0 Å². The van der Waals surface area contributed by atoms with Crippen LogP contribution >= 0.6 is 11.3 Å². The van der Waals surface area contributed by atoms with Crippen molar-refractivity contribution in [2.24, 2.45) is 7.05 Å². The molecule has 2 heterocycles. The molecule has 0 aliphatic carbocycles. The monoisotopic (exact) mass is 371 g/mol. The van der Waals surface area contributed by atoms with Crippen LogP contribution in [-0.4, -0.2) is 38.2 Å². The minimum atomic E-state index is -1.03. The molecule has 0 radical (unpaired) electrons. The smallest absolute Gasteiger partial charge is 0.323 e. The third-order valence-corrected chi connectivity index (χ3v) is 5.32. The van der Waals surface area contributed by atoms with Gasteiger partial charge in [0.25, 0.3) is 5.91 Å². The van der Waals surface area contributed by atoms with Crippen LogP contribution in [0.3, 0.4) is 0 Å². The van der Waals surface area contributed by atoms with E-state index < -0.39 is 5.97 Å². The predicted octanol–water partition coefficient (Wildman–Crippen LogP) is 3.49. The molecule has 0 aliphatic heterocycles. The summed E-state index contributed by atoms with van der Waals surface area (Å²) in [6, 6.07) is 11.2. The lowest BCUT2D eigenvalue weighted by atomic mass is 10.1. The molecule has 0 unspecified atom stereocenters. The van der Waals surface area contributed by atoms with Crippen molar-refractivity contribution in [3.05, 3.63) is 52.5 Å². The number of nitrogens with zero attached hydrogens (tertiary/aromatic N) is 3. The summed E-state index contributed by atoms with van der Waals surface area (Å²) in [6.07, 6.45) is 0. The first-order valence-electron chi connectivity index (χ1n) is 8.38. The van der Waals surface area contributed by atoms with Crippen LogP contribution in [0, 0.1) is 0 Å². The average Bonchev–Trinajstić information content (AvgIpc) is 3.15. The van der Waals surface area contributed by atoms with E-state index in [-0.39, 0.29) is 24.9 Å². The summed E-state index contributed by atoms with van der Waals surface area (Å²) in [6.45, 7) is 4.05. The molecule has 0 saturated heterocycles. The van der Waals surface area contributed by atoms with Crippen LogP contribution in [0.1, 0.15) is 40.7 Å². The number of hydrogen-bond donors (Lipinski definition) is 1. The van der Waals surface area contributed by atoms with Crippen molar-refractivity contribution in [3.8, 4) is 0 Å². The SMILES string of the molecule is CC(C)c1nn(C)c2sc(C(=O)N(CC(=O)O)Cc3ccccc3)cc12. The molecule has 136 valence electrons. The van der Waals surface area contributed by atoms with Gasteiger partial charge in [0.2, 0.25) is 0 Å². The topological polar surface area (TPSA) is 75.4 Å². The third-order valence-electron chi connectivity index (χ3n) is 4.13. The first kappa shape index (κ1) is 18.1. The Labute approximate surface area is 155 Å². The molecule has 2 aromatic heterocycles. The lowest BCUT2D eigenvalue weighted by Crippen LogP contribution is -2.34. The van der Waals surface area contributed by atoms with Crippen LogP contribution in [0.25, 0.3) is 10.2 Å². The zero-order valence-electron chi connectivity index (χ0n) is 15.0. The Kier molecular flexibility index (Phi) is 5.08. The van der Waals surface area contributed by atoms with E-state index in [0.29, 0.717) is 4.88 Å². The Bertz CT molecular complexity index is 944. The number of aliphatic carboxylic acids is 1. The standard InChI is InChI=1S/C19H21N3O3S/c1-12(2)17-14-9-15(26-19(14)21(3)20-17)18(25)22(11-16(23)24)10-13-7-5-4-6-8-13/h4-9,12H,10-11H2,1-3H3,(H,23,24). The van der Waals surface area contributed by atoms with Crippen LogP contribution in [0.15, 0.2) is 36.4 Å². The second-order valence-corrected chi connectivity index (χ2v) is 7.56. The van der Waals surface area contributed by atoms with Crippen LogP contribution in [-0.2, 0) is 18.4 Å². The van der Waals surface area contributed by atoms with Crippen molar-refractivity contribution in [1.82, 2.24) is 14.7 Å². The maximum atomic E-state index is 13.0. The fourth-order valence-corrected chi connectivity index (χ4v) is 3.97. The zero-order chi connectivity index (χ0) is 18.8. The minimum absolute atomic E-state index is 0.246. The summed E-state index contributed by atoms with van der Waals surface area (Å²) in [7, 11) is 1.86. The number of thiophene rings is 1. The number of rotatable bonds is 6. The van der Waals surface area contributed by atoms with Gasteiger partial charge in [0.15, 0.2) is 0 Å². The Balaban J connectivity index is 1.94. The van der Waals surface area contributed by atoms with Crippen molar-refractivity contribution < 1.29 is 14.7 Å². The van der Waals surface area contributed by atoms with Gasteiger partial charge in [0.1, 0.15) is 11.4 Å². The number of aryl methyl sites for hydroxylation is 1. The lowest BCUT2D eigenvalue weighted by Gasteiger charge is -2.20. The van der Waals surface area contributed by atoms with E-state index >= 15 is 0 Å². The van der Waals surface area contributed by atoms with Gasteiger partial charge in [0.05, 0.1) is 10.6 Å². The van der Waals surface area contributed by atoms with Gasteiger partial charge in [-0.3, -0.25) is 14.3 Å². The highest BCUT2D eigenvalue weighted by Crippen LogP contribution is 2.32. The average molecular weight is 371 g/mol. The molecule has 1 amide bonds. The predicted molar refractivity (Wildman–Crippen MR) is 101 cm³/mol. The van der Waals surface area contributed by atoms with Crippen molar-refractivity contribution in [3.63, 3.8) is 0 Å². The number of amides is 1. The van der Waals surface area contributed by atoms with Gasteiger partial charge in [-0.15, -0.1) is 11.3 Å². The molecule has 0 saturated carbocycles. The molecule has 1 N–H and O–H groups in total. The second-order valence-electron chi connectivity index (χ2n) is 6.53. The van der Waals surface area contributed by atoms with E-state index in [1.807, 2.05) is 43.4 Å². The minimum Gasteiger partial charge on any atom is -0.480 e. The molecule has 0 bridgehead atoms. The largest absolute Gasteiger partial charge is 0.480 e. The summed E-state index contributed by atoms with van der Waals surface area (Å²) >= 11 is 1.35. The molecule has 6 nitrogen and oxygen atoms in total. The van der Waals surface area contributed by atoms with Gasteiger partial charge in [-0.05, 0) is 17.5 Å². The number of hydrogen-bond acceptors (Lipinski definition) is 4. The van der Waals surface area contributed by atoms with E-state index in [1.165, 1.54) is 16.2 Å². The normalized spacial score (nSPS) is 11.2. The van der Waals surface area contributed by atoms with E-state index in [9.17, 15) is 14.7 Å². The quantitative estimate of drug-likeness (QED) is 0.720. The maximum Gasteiger partial charge on any atom is 0.323 e. The fraction of sp³-hybridized carbons (Fsp3) is 0.316. The Hall–Kier alpha value is -2.67. The Morgan fingerprint density at radius 3 is 2.58 bits per heavy atom. The molecule has 26 heavy (non-hydrogen) atoms. The van der Waals surface area contributed by atoms with E-state index in [2.05, 4.69) is 18.9 Å². The number of benzene rings is 1. The van der Waals surface area contributed by atoms with Gasteiger partial charge in [-0.2, -0.15) is 5.10 Å². The molecular formula is C19H21N3O3S. The molecule has 0 atom stereocenters. The lowest BCUT2D eigenvalue weighted by molar-refractivity contribution is -0.137. The van der Waals surface area contributed by atoms with Gasteiger partial charge in [-0.1, -0.05) is 44.2 Å². The van der Waals surface area contributed by atoms with E-state index in [0.717, 1.165) is 21.5 Å². The third kappa shape index (κ3) is 3.62. The molecule has 3 rings (SSSR count). The van der Waals surface area contributed by atoms with Crippen LogP contribution < -0.4 is 0 Å². The molecular weight excluding hydrogens is 350 g/mol. The van der Waals surface area contributed by atoms with Gasteiger partial charge >= 0.3 is 5.97 Å². The summed E-state index contributed by atoms with van der Waals surface area (Å²) in [5.41, 5.74) is 1.85. The highest BCUT2D eigenvalue weighted by molar-refractivity contribution is 7.20. The van der Waals surface area contributed by atoms with Crippen LogP contribution in [0.2, 0.25) is 0 Å². The van der Waals surface area contributed by atoms with Crippen LogP contribution in [0.4, 0.5) is 0 Å². The fourth-order valence-electron chi connectivity index (χ4n) is 2.92. The second kappa shape index (κ2) is 7.29. The first-order chi connectivity index (χ1) is 12.4. The molecule has 7 heteroatoms. The molecule has 3 aromatic rings. The summed E-state index contributed by atoms with van der Waals surface area (Å²) < 4.78 is 1.78. The van der Waals surface area contributed by atoms with E-state index in [1.54, 1.807) is 4.68 Å². The number of carboxylic acids is 1. The highest BCUT2D eigenvalue weighted by atomic mass is 32.1. The Morgan fingerprint density at radius 2 is 1.96 bits per heavy atom. The van der Waals surface area contributed by atoms with E-state index in [4.69, 9.17) is 0 Å². The number of aromatic nitrogens is 2. The highest BCUT2D eigenvalue weighted by Gasteiger charge is 2.23. The van der Waals surface area contributed by atoms with Crippen molar-refractivity contribution >= 4 is 33.4 Å². The number of carbonyl (C=O) groups excluding carboxylic acids is 1. The van der Waals surface area contributed by atoms with Gasteiger partial charge in [0, 0.05) is 19.0 Å². The van der Waals surface area contributed by atoms with Crippen molar-refractivity contribution in [1.29, 1.82) is 0 Å². The summed E-state index contributed by atoms with van der Waals surface area (Å²) in [4.78, 5) is 27.1. The summed E-state index contributed by atoms with van der Waals surface area (Å²) in [5, 5.41) is 14.7. The van der Waals surface area contributed by atoms with Crippen molar-refractivity contribution in [2.45, 2.75) is 26.3 Å². The van der Waals surface area contributed by atoms with Crippen molar-refractivity contribution in [2.75, 3.05) is 6.54 Å². The van der Waals surface area contributed by atoms with Gasteiger partial charge < -0.3 is 10.0 Å². The zero-order valence-corrected chi connectivity index (χ0v) is 15.8. The Morgan fingerprint density at radius 1 is 1.27 bits per heavy atom. The molecule has 1 aromatic carbocycles. The molecule has 0 spiro atoms. The number of carbonyl (C=O) groups is 2. The molecule has 0 fully saturated rings. The number of carboxylic acid groups (broad SMARTS) is 1. The maximum absolute atomic E-state index is 13.0.